The summed E-state index contributed by atoms with van der Waals surface area (Å²) in [5.41, 5.74) is 5.75. The Morgan fingerprint density at radius 2 is 2.00 bits per heavy atom. The van der Waals surface area contributed by atoms with E-state index in [2.05, 4.69) is 22.3 Å². The third-order valence-corrected chi connectivity index (χ3v) is 2.63. The second-order valence-electron chi connectivity index (χ2n) is 4.39. The SMILES string of the molecule is CCOCCCN=C(N)NCCCN(C)CCOC.I. The molecule has 0 atom stereocenters. The average Bonchev–Trinajstić information content (AvgIpc) is 2.41. The van der Waals surface area contributed by atoms with Crippen LogP contribution in [0.1, 0.15) is 19.8 Å². The monoisotopic (exact) mass is 402 g/mol. The maximum Gasteiger partial charge on any atom is 0.188 e. The number of hydrogen-bond acceptors (Lipinski definition) is 4. The molecule has 0 saturated carbocycles. The number of rotatable bonds is 12. The zero-order valence-corrected chi connectivity index (χ0v) is 15.4. The Bertz CT molecular complexity index is 230. The van der Waals surface area contributed by atoms with Crippen molar-refractivity contribution in [3.63, 3.8) is 0 Å². The molecule has 0 heterocycles. The number of nitrogens with one attached hydrogen (secondary N) is 1. The molecule has 0 fully saturated rings. The molecule has 0 rings (SSSR count). The topological polar surface area (TPSA) is 72.1 Å². The number of methoxy groups -OCH3 is 1. The van der Waals surface area contributed by atoms with E-state index in [1.165, 1.54) is 0 Å². The van der Waals surface area contributed by atoms with Crippen molar-refractivity contribution in [2.75, 3.05) is 60.2 Å². The first-order chi connectivity index (χ1) is 9.20. The third-order valence-electron chi connectivity index (χ3n) is 2.63. The molecule has 0 aliphatic rings. The predicted octanol–water partition coefficient (Wildman–Crippen LogP) is 0.904. The van der Waals surface area contributed by atoms with E-state index >= 15 is 0 Å². The normalized spacial score (nSPS) is 11.5. The fourth-order valence-electron chi connectivity index (χ4n) is 1.49. The van der Waals surface area contributed by atoms with Crippen molar-refractivity contribution in [2.45, 2.75) is 19.8 Å². The number of nitrogens with two attached hydrogens (primary N) is 1. The second kappa shape index (κ2) is 16.9. The first-order valence-corrected chi connectivity index (χ1v) is 6.99. The fraction of sp³-hybridized carbons (Fsp3) is 0.923. The highest BCUT2D eigenvalue weighted by molar-refractivity contribution is 14.0. The van der Waals surface area contributed by atoms with Crippen molar-refractivity contribution in [2.24, 2.45) is 10.7 Å². The van der Waals surface area contributed by atoms with Crippen LogP contribution in [0.2, 0.25) is 0 Å². The largest absolute Gasteiger partial charge is 0.383 e. The average molecular weight is 402 g/mol. The van der Waals surface area contributed by atoms with Crippen LogP contribution in [-0.2, 0) is 9.47 Å². The number of likely N-dealkylation sites (N-methyl/N-ethyl adjacent to an activating group) is 1. The first kappa shape index (κ1) is 22.2. The van der Waals surface area contributed by atoms with Crippen LogP contribution in [-0.4, -0.2) is 71.0 Å². The Morgan fingerprint density at radius 3 is 2.65 bits per heavy atom. The van der Waals surface area contributed by atoms with Gasteiger partial charge in [0, 0.05) is 40.0 Å². The molecule has 3 N–H and O–H groups in total. The lowest BCUT2D eigenvalue weighted by molar-refractivity contribution is 0.146. The minimum absolute atomic E-state index is 0. The molecule has 0 radical (unpaired) electrons. The van der Waals surface area contributed by atoms with Gasteiger partial charge in [-0.2, -0.15) is 0 Å². The standard InChI is InChI=1S/C13H30N4O2.HI/c1-4-19-11-6-8-16-13(14)15-7-5-9-17(2)10-12-18-3;/h4-12H2,1-3H3,(H3,14,15,16);1H. The van der Waals surface area contributed by atoms with E-state index in [1.54, 1.807) is 7.11 Å². The summed E-state index contributed by atoms with van der Waals surface area (Å²) >= 11 is 0. The molecule has 0 aliphatic heterocycles. The maximum atomic E-state index is 5.75. The zero-order valence-electron chi connectivity index (χ0n) is 13.1. The van der Waals surface area contributed by atoms with Crippen molar-refractivity contribution in [1.82, 2.24) is 10.2 Å². The van der Waals surface area contributed by atoms with E-state index in [9.17, 15) is 0 Å². The number of guanidine groups is 1. The van der Waals surface area contributed by atoms with Crippen molar-refractivity contribution >= 4 is 29.9 Å². The molecule has 0 unspecified atom stereocenters. The predicted molar refractivity (Wildman–Crippen MR) is 95.0 cm³/mol. The summed E-state index contributed by atoms with van der Waals surface area (Å²) in [6.07, 6.45) is 1.95. The van der Waals surface area contributed by atoms with Gasteiger partial charge in [-0.15, -0.1) is 24.0 Å². The molecule has 122 valence electrons. The molecule has 0 spiro atoms. The van der Waals surface area contributed by atoms with E-state index < -0.39 is 0 Å². The van der Waals surface area contributed by atoms with Crippen LogP contribution in [0, 0.1) is 0 Å². The van der Waals surface area contributed by atoms with Gasteiger partial charge in [0.15, 0.2) is 5.96 Å². The first-order valence-electron chi connectivity index (χ1n) is 6.99. The van der Waals surface area contributed by atoms with Crippen molar-refractivity contribution in [1.29, 1.82) is 0 Å². The van der Waals surface area contributed by atoms with Gasteiger partial charge >= 0.3 is 0 Å². The number of ether oxygens (including phenoxy) is 2. The van der Waals surface area contributed by atoms with E-state index in [0.29, 0.717) is 12.5 Å². The molecule has 0 bridgehead atoms. The molecular weight excluding hydrogens is 371 g/mol. The Kier molecular flexibility index (Phi) is 18.8. The van der Waals surface area contributed by atoms with Gasteiger partial charge in [0.25, 0.3) is 0 Å². The molecule has 0 aliphatic carbocycles. The van der Waals surface area contributed by atoms with Crippen LogP contribution in [0.3, 0.4) is 0 Å². The lowest BCUT2D eigenvalue weighted by Gasteiger charge is -2.15. The number of nitrogens with zero attached hydrogens (tertiary/aromatic N) is 2. The van der Waals surface area contributed by atoms with Gasteiger partial charge in [-0.1, -0.05) is 0 Å². The van der Waals surface area contributed by atoms with Gasteiger partial charge in [-0.25, -0.2) is 0 Å². The number of halogens is 1. The van der Waals surface area contributed by atoms with Gasteiger partial charge < -0.3 is 25.4 Å². The highest BCUT2D eigenvalue weighted by Crippen LogP contribution is 1.87. The van der Waals surface area contributed by atoms with E-state index in [-0.39, 0.29) is 24.0 Å². The Morgan fingerprint density at radius 1 is 1.25 bits per heavy atom. The summed E-state index contributed by atoms with van der Waals surface area (Å²) in [6.45, 7) is 7.80. The van der Waals surface area contributed by atoms with Crippen molar-refractivity contribution < 1.29 is 9.47 Å². The zero-order chi connectivity index (χ0) is 14.3. The molecule has 20 heavy (non-hydrogen) atoms. The van der Waals surface area contributed by atoms with E-state index in [4.69, 9.17) is 15.2 Å². The minimum atomic E-state index is 0. The molecule has 7 heteroatoms. The molecule has 6 nitrogen and oxygen atoms in total. The smallest absolute Gasteiger partial charge is 0.188 e. The van der Waals surface area contributed by atoms with Gasteiger partial charge in [0.05, 0.1) is 6.61 Å². The van der Waals surface area contributed by atoms with Gasteiger partial charge in [-0.3, -0.25) is 4.99 Å². The summed E-state index contributed by atoms with van der Waals surface area (Å²) in [6, 6.07) is 0. The summed E-state index contributed by atoms with van der Waals surface area (Å²) in [7, 11) is 3.81. The molecule has 0 aromatic heterocycles. The van der Waals surface area contributed by atoms with Gasteiger partial charge in [0.2, 0.25) is 0 Å². The second-order valence-corrected chi connectivity index (χ2v) is 4.39. The van der Waals surface area contributed by atoms with Crippen LogP contribution < -0.4 is 11.1 Å². The van der Waals surface area contributed by atoms with E-state index in [0.717, 1.165) is 52.3 Å². The minimum Gasteiger partial charge on any atom is -0.383 e. The van der Waals surface area contributed by atoms with Crippen LogP contribution in [0.5, 0.6) is 0 Å². The molecule has 0 saturated heterocycles. The van der Waals surface area contributed by atoms with Gasteiger partial charge in [-0.05, 0) is 33.4 Å². The summed E-state index contributed by atoms with van der Waals surface area (Å²) in [5, 5.41) is 3.11. The lowest BCUT2D eigenvalue weighted by atomic mass is 10.4. The van der Waals surface area contributed by atoms with Crippen LogP contribution in [0.4, 0.5) is 0 Å². The molecule has 0 aromatic carbocycles. The Hall–Kier alpha value is -0.120. The molecule has 0 amide bonds. The fourth-order valence-corrected chi connectivity index (χ4v) is 1.49. The summed E-state index contributed by atoms with van der Waals surface area (Å²) in [5.74, 6) is 0.524. The lowest BCUT2D eigenvalue weighted by Crippen LogP contribution is -2.34. The van der Waals surface area contributed by atoms with Crippen molar-refractivity contribution in [3.8, 4) is 0 Å². The van der Waals surface area contributed by atoms with Crippen molar-refractivity contribution in [3.05, 3.63) is 0 Å². The molecular formula is C13H31IN4O2. The van der Waals surface area contributed by atoms with Crippen LogP contribution in [0.15, 0.2) is 4.99 Å². The molecule has 0 aromatic rings. The highest BCUT2D eigenvalue weighted by atomic mass is 127. The maximum absolute atomic E-state index is 5.75. The number of hydrogen-bond donors (Lipinski definition) is 2. The van der Waals surface area contributed by atoms with Gasteiger partial charge in [0.1, 0.15) is 0 Å². The Balaban J connectivity index is 0. The summed E-state index contributed by atoms with van der Waals surface area (Å²) in [4.78, 5) is 6.47. The van der Waals surface area contributed by atoms with Crippen LogP contribution in [0.25, 0.3) is 0 Å². The van der Waals surface area contributed by atoms with Crippen LogP contribution >= 0.6 is 24.0 Å². The quantitative estimate of drug-likeness (QED) is 0.220. The van der Waals surface area contributed by atoms with E-state index in [1.807, 2.05) is 6.92 Å². The Labute approximate surface area is 140 Å². The summed E-state index contributed by atoms with van der Waals surface area (Å²) < 4.78 is 10.2. The highest BCUT2D eigenvalue weighted by Gasteiger charge is 1.97. The number of aliphatic imine (C=N–C) groups is 1. The third kappa shape index (κ3) is 15.9.